The maximum atomic E-state index is 12.5. The number of amides is 1. The third kappa shape index (κ3) is 3.96. The Labute approximate surface area is 166 Å². The number of H-pyrrole nitrogens is 1. The fourth-order valence-electron chi connectivity index (χ4n) is 2.48. The van der Waals surface area contributed by atoms with Gasteiger partial charge in [0.2, 0.25) is 0 Å². The van der Waals surface area contributed by atoms with Crippen LogP contribution < -0.4 is 26.5 Å². The second-order valence-corrected chi connectivity index (χ2v) is 6.48. The average Bonchev–Trinajstić information content (AvgIpc) is 2.66. The molecule has 3 aromatic rings. The number of aromatic nitrogens is 2. The summed E-state index contributed by atoms with van der Waals surface area (Å²) in [5.41, 5.74) is 4.84. The Morgan fingerprint density at radius 3 is 2.79 bits per heavy atom. The fourth-order valence-corrected chi connectivity index (χ4v) is 3.05. The van der Waals surface area contributed by atoms with Gasteiger partial charge in [-0.15, -0.1) is 4.68 Å². The van der Waals surface area contributed by atoms with Gasteiger partial charge in [0.25, 0.3) is 11.5 Å². The van der Waals surface area contributed by atoms with E-state index >= 15 is 0 Å². The Kier molecular flexibility index (Phi) is 5.59. The molecule has 0 unspecified atom stereocenters. The Balaban J connectivity index is 2.00. The minimum Gasteiger partial charge on any atom is -0.493 e. The number of nitrogens with one attached hydrogen (secondary N) is 1. The maximum absolute atomic E-state index is 12.5. The number of carbonyl (C=O) groups excluding carboxylic acids is 1. The van der Waals surface area contributed by atoms with E-state index in [9.17, 15) is 14.4 Å². The van der Waals surface area contributed by atoms with Gasteiger partial charge in [-0.05, 0) is 45.8 Å². The molecular formula is C18H15BrN4O5. The molecule has 0 atom stereocenters. The van der Waals surface area contributed by atoms with Crippen LogP contribution in [0.5, 0.6) is 11.5 Å². The van der Waals surface area contributed by atoms with Crippen molar-refractivity contribution in [1.29, 1.82) is 0 Å². The molecule has 0 aliphatic rings. The van der Waals surface area contributed by atoms with E-state index in [-0.39, 0.29) is 6.61 Å². The van der Waals surface area contributed by atoms with Crippen molar-refractivity contribution in [3.05, 3.63) is 67.3 Å². The van der Waals surface area contributed by atoms with Gasteiger partial charge in [-0.3, -0.25) is 9.59 Å². The molecule has 0 saturated heterocycles. The van der Waals surface area contributed by atoms with Crippen molar-refractivity contribution in [2.75, 3.05) is 13.7 Å². The third-order valence-electron chi connectivity index (χ3n) is 3.72. The topological polar surface area (TPSA) is 129 Å². The SMILES string of the molecule is COc1cc(C=Nn2c(=O)[nH]c3ccccc3c2=O)cc(Br)c1OCC(N)=O. The first kappa shape index (κ1) is 19.4. The second-order valence-electron chi connectivity index (χ2n) is 5.63. The van der Waals surface area contributed by atoms with Gasteiger partial charge in [0.05, 0.1) is 28.7 Å². The Morgan fingerprint density at radius 1 is 1.32 bits per heavy atom. The zero-order valence-corrected chi connectivity index (χ0v) is 16.2. The molecule has 28 heavy (non-hydrogen) atoms. The number of benzene rings is 2. The van der Waals surface area contributed by atoms with E-state index in [1.54, 1.807) is 36.4 Å². The summed E-state index contributed by atoms with van der Waals surface area (Å²) in [6.07, 6.45) is 1.33. The number of halogens is 1. The molecule has 1 heterocycles. The molecule has 0 aliphatic heterocycles. The number of nitrogens with zero attached hydrogens (tertiary/aromatic N) is 2. The molecular weight excluding hydrogens is 432 g/mol. The van der Waals surface area contributed by atoms with E-state index in [1.807, 2.05) is 0 Å². The highest BCUT2D eigenvalue weighted by molar-refractivity contribution is 9.10. The van der Waals surface area contributed by atoms with Gasteiger partial charge in [-0.2, -0.15) is 5.10 Å². The molecule has 0 spiro atoms. The van der Waals surface area contributed by atoms with Gasteiger partial charge in [0.1, 0.15) is 0 Å². The summed E-state index contributed by atoms with van der Waals surface area (Å²) in [6, 6.07) is 9.86. The summed E-state index contributed by atoms with van der Waals surface area (Å²) in [5.74, 6) is -0.0227. The number of hydrogen-bond donors (Lipinski definition) is 2. The number of aromatic amines is 1. The van der Waals surface area contributed by atoms with Crippen molar-refractivity contribution in [2.24, 2.45) is 10.8 Å². The van der Waals surface area contributed by atoms with E-state index in [4.69, 9.17) is 15.2 Å². The number of rotatable bonds is 6. The van der Waals surface area contributed by atoms with E-state index in [1.165, 1.54) is 13.3 Å². The van der Waals surface area contributed by atoms with E-state index in [2.05, 4.69) is 26.0 Å². The van der Waals surface area contributed by atoms with Crippen molar-refractivity contribution in [2.45, 2.75) is 0 Å². The molecule has 3 N–H and O–H groups in total. The molecule has 0 aliphatic carbocycles. The molecule has 0 fully saturated rings. The standard InChI is InChI=1S/C18H15BrN4O5/c1-27-14-7-10(6-12(19)16(14)28-9-15(20)24)8-21-23-17(25)11-4-2-3-5-13(11)22-18(23)26/h2-8H,9H2,1H3,(H2,20,24)(H,22,26). The number of methoxy groups -OCH3 is 1. The van der Waals surface area contributed by atoms with E-state index in [0.717, 1.165) is 4.68 Å². The predicted molar refractivity (Wildman–Crippen MR) is 107 cm³/mol. The van der Waals surface area contributed by atoms with Crippen LogP contribution in [0, 0.1) is 0 Å². The van der Waals surface area contributed by atoms with Gasteiger partial charge in [-0.1, -0.05) is 12.1 Å². The summed E-state index contributed by atoms with van der Waals surface area (Å²) in [5, 5.41) is 4.33. The van der Waals surface area contributed by atoms with Crippen molar-refractivity contribution >= 4 is 39.0 Å². The highest BCUT2D eigenvalue weighted by Crippen LogP contribution is 2.36. The average molecular weight is 447 g/mol. The summed E-state index contributed by atoms with van der Waals surface area (Å²) in [7, 11) is 1.43. The van der Waals surface area contributed by atoms with Crippen molar-refractivity contribution < 1.29 is 14.3 Å². The zero-order valence-electron chi connectivity index (χ0n) is 14.6. The summed E-state index contributed by atoms with van der Waals surface area (Å²) >= 11 is 3.32. The smallest absolute Gasteiger partial charge is 0.349 e. The number of hydrogen-bond acceptors (Lipinski definition) is 6. The minimum absolute atomic E-state index is 0.291. The normalized spacial score (nSPS) is 11.1. The van der Waals surface area contributed by atoms with E-state index in [0.29, 0.717) is 32.4 Å². The molecule has 0 radical (unpaired) electrons. The molecule has 0 bridgehead atoms. The van der Waals surface area contributed by atoms with Crippen LogP contribution in [0.2, 0.25) is 0 Å². The van der Waals surface area contributed by atoms with Gasteiger partial charge < -0.3 is 20.2 Å². The van der Waals surface area contributed by atoms with Crippen LogP contribution in [0.25, 0.3) is 10.9 Å². The van der Waals surface area contributed by atoms with Gasteiger partial charge >= 0.3 is 5.69 Å². The van der Waals surface area contributed by atoms with Crippen LogP contribution in [0.4, 0.5) is 0 Å². The molecule has 3 rings (SSSR count). The second kappa shape index (κ2) is 8.09. The molecule has 144 valence electrons. The van der Waals surface area contributed by atoms with Gasteiger partial charge in [0, 0.05) is 0 Å². The van der Waals surface area contributed by atoms with E-state index < -0.39 is 17.2 Å². The molecule has 1 aromatic heterocycles. The molecule has 10 heteroatoms. The van der Waals surface area contributed by atoms with Crippen molar-refractivity contribution in [3.63, 3.8) is 0 Å². The quantitative estimate of drug-likeness (QED) is 0.549. The number of carbonyl (C=O) groups is 1. The summed E-state index contributed by atoms with van der Waals surface area (Å²) in [4.78, 5) is 38.2. The third-order valence-corrected chi connectivity index (χ3v) is 4.31. The number of fused-ring (bicyclic) bond motifs is 1. The van der Waals surface area contributed by atoms with Crippen molar-refractivity contribution in [1.82, 2.24) is 9.66 Å². The van der Waals surface area contributed by atoms with Gasteiger partial charge in [-0.25, -0.2) is 4.79 Å². The predicted octanol–water partition coefficient (Wildman–Crippen LogP) is 1.21. The lowest BCUT2D eigenvalue weighted by molar-refractivity contribution is -0.119. The summed E-state index contributed by atoms with van der Waals surface area (Å²) < 4.78 is 11.8. The minimum atomic E-state index is -0.660. The maximum Gasteiger partial charge on any atom is 0.349 e. The van der Waals surface area contributed by atoms with Crippen LogP contribution in [0.1, 0.15) is 5.56 Å². The first-order valence-electron chi connectivity index (χ1n) is 7.97. The lowest BCUT2D eigenvalue weighted by atomic mass is 10.2. The highest BCUT2D eigenvalue weighted by Gasteiger charge is 2.12. The van der Waals surface area contributed by atoms with Crippen LogP contribution in [0.15, 0.2) is 55.6 Å². The monoisotopic (exact) mass is 446 g/mol. The van der Waals surface area contributed by atoms with Crippen LogP contribution in [0.3, 0.4) is 0 Å². The molecule has 2 aromatic carbocycles. The molecule has 1 amide bonds. The largest absolute Gasteiger partial charge is 0.493 e. The Bertz CT molecular complexity index is 1200. The summed E-state index contributed by atoms with van der Waals surface area (Å²) in [6.45, 7) is -0.315. The number of para-hydroxylation sites is 1. The fraction of sp³-hybridized carbons (Fsp3) is 0.111. The van der Waals surface area contributed by atoms with Crippen LogP contribution in [-0.2, 0) is 4.79 Å². The lowest BCUT2D eigenvalue weighted by Gasteiger charge is -2.12. The Morgan fingerprint density at radius 2 is 2.07 bits per heavy atom. The molecule has 0 saturated carbocycles. The Hall–Kier alpha value is -3.40. The number of primary amides is 1. The number of nitrogens with two attached hydrogens (primary N) is 1. The zero-order chi connectivity index (χ0) is 20.3. The lowest BCUT2D eigenvalue weighted by Crippen LogP contribution is -2.32. The molecule has 9 nitrogen and oxygen atoms in total. The van der Waals surface area contributed by atoms with Crippen molar-refractivity contribution in [3.8, 4) is 11.5 Å². The first-order valence-corrected chi connectivity index (χ1v) is 8.77. The van der Waals surface area contributed by atoms with Crippen LogP contribution >= 0.6 is 15.9 Å². The first-order chi connectivity index (χ1) is 13.4. The number of ether oxygens (including phenoxy) is 2. The highest BCUT2D eigenvalue weighted by atomic mass is 79.9. The van der Waals surface area contributed by atoms with Crippen LogP contribution in [-0.4, -0.2) is 35.5 Å². The van der Waals surface area contributed by atoms with Gasteiger partial charge in [0.15, 0.2) is 18.1 Å².